The number of ether oxygens (including phenoxy) is 1. The topological polar surface area (TPSA) is 78.9 Å². The molecule has 136 valence electrons. The molecule has 2 aromatic carbocycles. The van der Waals surface area contributed by atoms with Gasteiger partial charge in [-0.25, -0.2) is 9.97 Å². The summed E-state index contributed by atoms with van der Waals surface area (Å²) in [5.41, 5.74) is 3.35. The molecule has 0 unspecified atom stereocenters. The van der Waals surface area contributed by atoms with Gasteiger partial charge in [0.2, 0.25) is 5.82 Å². The molecule has 0 N–H and O–H groups in total. The monoisotopic (exact) mass is 369 g/mol. The van der Waals surface area contributed by atoms with Crippen molar-refractivity contribution < 1.29 is 9.26 Å². The van der Waals surface area contributed by atoms with Crippen LogP contribution in [0.1, 0.15) is 0 Å². The third kappa shape index (κ3) is 2.88. The Morgan fingerprint density at radius 3 is 2.64 bits per heavy atom. The zero-order valence-corrected chi connectivity index (χ0v) is 15.0. The van der Waals surface area contributed by atoms with Gasteiger partial charge in [0.15, 0.2) is 0 Å². The van der Waals surface area contributed by atoms with E-state index in [9.17, 15) is 0 Å². The predicted octanol–water partition coefficient (Wildman–Crippen LogP) is 4.15. The number of methoxy groups -OCH3 is 1. The normalized spacial score (nSPS) is 11.0. The lowest BCUT2D eigenvalue weighted by Crippen LogP contribution is -1.90. The van der Waals surface area contributed by atoms with Crippen LogP contribution in [0.2, 0.25) is 0 Å². The van der Waals surface area contributed by atoms with Crippen LogP contribution in [-0.2, 0) is 0 Å². The van der Waals surface area contributed by atoms with E-state index in [1.165, 1.54) is 0 Å². The number of pyridine rings is 1. The summed E-state index contributed by atoms with van der Waals surface area (Å²) in [7, 11) is 1.64. The summed E-state index contributed by atoms with van der Waals surface area (Å²) in [6, 6.07) is 17.4. The van der Waals surface area contributed by atoms with Crippen LogP contribution in [0.25, 0.3) is 39.6 Å². The highest BCUT2D eigenvalue weighted by molar-refractivity contribution is 5.82. The highest BCUT2D eigenvalue weighted by atomic mass is 16.5. The number of fused-ring (bicyclic) bond motifs is 1. The first-order valence-electron chi connectivity index (χ1n) is 8.68. The Balaban J connectivity index is 1.45. The van der Waals surface area contributed by atoms with Gasteiger partial charge in [0.25, 0.3) is 5.89 Å². The highest BCUT2D eigenvalue weighted by Gasteiger charge is 2.12. The fourth-order valence-electron chi connectivity index (χ4n) is 2.99. The maximum Gasteiger partial charge on any atom is 0.258 e. The number of rotatable bonds is 4. The predicted molar refractivity (Wildman–Crippen MR) is 104 cm³/mol. The molecule has 0 aliphatic carbocycles. The Hall–Kier alpha value is -4.00. The molecule has 0 saturated heterocycles. The van der Waals surface area contributed by atoms with E-state index in [0.717, 1.165) is 27.9 Å². The highest BCUT2D eigenvalue weighted by Crippen LogP contribution is 2.25. The Morgan fingerprint density at radius 2 is 1.86 bits per heavy atom. The summed E-state index contributed by atoms with van der Waals surface area (Å²) >= 11 is 0. The minimum absolute atomic E-state index is 0.448. The van der Waals surface area contributed by atoms with Crippen LogP contribution in [0.15, 0.2) is 77.8 Å². The van der Waals surface area contributed by atoms with Crippen molar-refractivity contribution >= 4 is 10.9 Å². The Bertz CT molecular complexity index is 1240. The number of hydrogen-bond acceptors (Lipinski definition) is 6. The third-order valence-corrected chi connectivity index (χ3v) is 4.47. The van der Waals surface area contributed by atoms with Crippen LogP contribution in [-0.4, -0.2) is 31.8 Å². The van der Waals surface area contributed by atoms with Gasteiger partial charge < -0.3 is 13.8 Å². The summed E-state index contributed by atoms with van der Waals surface area (Å²) in [5, 5.41) is 5.08. The van der Waals surface area contributed by atoms with E-state index in [1.807, 2.05) is 65.4 Å². The SMILES string of the molecule is COc1ccc2nc(-c3noc(-c4ccc(-n5ccnc5)cc4)n3)ccc2c1. The van der Waals surface area contributed by atoms with Crippen LogP contribution in [0.4, 0.5) is 0 Å². The zero-order valence-electron chi connectivity index (χ0n) is 15.0. The number of aromatic nitrogens is 5. The molecule has 5 rings (SSSR count). The second-order valence-electron chi connectivity index (χ2n) is 6.20. The van der Waals surface area contributed by atoms with Gasteiger partial charge >= 0.3 is 0 Å². The van der Waals surface area contributed by atoms with Crippen LogP contribution in [0.5, 0.6) is 5.75 Å². The van der Waals surface area contributed by atoms with Crippen molar-refractivity contribution in [2.45, 2.75) is 0 Å². The summed E-state index contributed by atoms with van der Waals surface area (Å²) in [6.07, 6.45) is 5.38. The van der Waals surface area contributed by atoms with Gasteiger partial charge in [0, 0.05) is 29.0 Å². The quantitative estimate of drug-likeness (QED) is 0.474. The van der Waals surface area contributed by atoms with Crippen molar-refractivity contribution in [1.82, 2.24) is 24.7 Å². The summed E-state index contributed by atoms with van der Waals surface area (Å²) < 4.78 is 12.6. The van der Waals surface area contributed by atoms with Crippen LogP contribution < -0.4 is 4.74 Å². The molecule has 7 nitrogen and oxygen atoms in total. The smallest absolute Gasteiger partial charge is 0.258 e. The molecular weight excluding hydrogens is 354 g/mol. The van der Waals surface area contributed by atoms with Crippen molar-refractivity contribution in [2.24, 2.45) is 0 Å². The first kappa shape index (κ1) is 16.2. The van der Waals surface area contributed by atoms with E-state index in [2.05, 4.69) is 20.1 Å². The van der Waals surface area contributed by atoms with Crippen LogP contribution >= 0.6 is 0 Å². The third-order valence-electron chi connectivity index (χ3n) is 4.47. The van der Waals surface area contributed by atoms with Crippen molar-refractivity contribution in [1.29, 1.82) is 0 Å². The maximum atomic E-state index is 5.44. The maximum absolute atomic E-state index is 5.44. The Morgan fingerprint density at radius 1 is 0.964 bits per heavy atom. The van der Waals surface area contributed by atoms with Crippen molar-refractivity contribution in [3.63, 3.8) is 0 Å². The lowest BCUT2D eigenvalue weighted by atomic mass is 10.2. The molecule has 0 fully saturated rings. The molecule has 0 amide bonds. The van der Waals surface area contributed by atoms with Gasteiger partial charge in [-0.2, -0.15) is 4.98 Å². The molecule has 0 aliphatic rings. The summed E-state index contributed by atoms with van der Waals surface area (Å²) in [6.45, 7) is 0. The fraction of sp³-hybridized carbons (Fsp3) is 0.0476. The van der Waals surface area contributed by atoms with E-state index in [1.54, 1.807) is 19.6 Å². The van der Waals surface area contributed by atoms with E-state index in [0.29, 0.717) is 17.4 Å². The molecular formula is C21H15N5O2. The van der Waals surface area contributed by atoms with Gasteiger partial charge in [-0.3, -0.25) is 0 Å². The number of hydrogen-bond donors (Lipinski definition) is 0. The second-order valence-corrected chi connectivity index (χ2v) is 6.20. The molecule has 0 spiro atoms. The van der Waals surface area contributed by atoms with E-state index < -0.39 is 0 Å². The minimum Gasteiger partial charge on any atom is -0.497 e. The van der Waals surface area contributed by atoms with Gasteiger partial charge in [0.05, 0.1) is 19.0 Å². The number of benzene rings is 2. The lowest BCUT2D eigenvalue weighted by molar-refractivity contribution is 0.415. The van der Waals surface area contributed by atoms with Crippen molar-refractivity contribution in [3.8, 4) is 34.4 Å². The Kier molecular flexibility index (Phi) is 3.83. The fourth-order valence-corrected chi connectivity index (χ4v) is 2.99. The molecule has 5 aromatic rings. The van der Waals surface area contributed by atoms with Crippen LogP contribution in [0, 0.1) is 0 Å². The average Bonchev–Trinajstić information content (AvgIpc) is 3.45. The zero-order chi connectivity index (χ0) is 18.9. The average molecular weight is 369 g/mol. The Labute approximate surface area is 160 Å². The summed E-state index contributed by atoms with van der Waals surface area (Å²) in [4.78, 5) is 13.2. The minimum atomic E-state index is 0.448. The largest absolute Gasteiger partial charge is 0.497 e. The van der Waals surface area contributed by atoms with Crippen molar-refractivity contribution in [2.75, 3.05) is 7.11 Å². The summed E-state index contributed by atoms with van der Waals surface area (Å²) in [5.74, 6) is 1.69. The molecule has 0 aliphatic heterocycles. The molecule has 0 radical (unpaired) electrons. The molecule has 0 bridgehead atoms. The second kappa shape index (κ2) is 6.62. The van der Waals surface area contributed by atoms with Crippen LogP contribution in [0.3, 0.4) is 0 Å². The van der Waals surface area contributed by atoms with E-state index in [-0.39, 0.29) is 0 Å². The number of imidazole rings is 1. The molecule has 7 heteroatoms. The first-order chi connectivity index (χ1) is 13.8. The van der Waals surface area contributed by atoms with E-state index >= 15 is 0 Å². The first-order valence-corrected chi connectivity index (χ1v) is 8.68. The lowest BCUT2D eigenvalue weighted by Gasteiger charge is -2.03. The molecule has 0 atom stereocenters. The van der Waals surface area contributed by atoms with E-state index in [4.69, 9.17) is 9.26 Å². The van der Waals surface area contributed by atoms with Gasteiger partial charge in [0.1, 0.15) is 11.4 Å². The van der Waals surface area contributed by atoms with Gasteiger partial charge in [-0.1, -0.05) is 11.2 Å². The molecule has 0 saturated carbocycles. The standard InChI is InChI=1S/C21H15N5O2/c1-27-17-7-9-18-15(12-17)4-8-19(23-18)20-24-21(28-25-20)14-2-5-16(6-3-14)26-11-10-22-13-26/h2-13H,1H3. The molecule has 3 aromatic heterocycles. The van der Waals surface area contributed by atoms with Crippen molar-refractivity contribution in [3.05, 3.63) is 73.3 Å². The van der Waals surface area contributed by atoms with Gasteiger partial charge in [-0.05, 0) is 48.5 Å². The number of nitrogens with zero attached hydrogens (tertiary/aromatic N) is 5. The molecule has 3 heterocycles. The molecule has 28 heavy (non-hydrogen) atoms. The van der Waals surface area contributed by atoms with Gasteiger partial charge in [-0.15, -0.1) is 0 Å².